The predicted molar refractivity (Wildman–Crippen MR) is 43.3 cm³/mol. The van der Waals surface area contributed by atoms with E-state index < -0.39 is 5.97 Å². The fourth-order valence-corrected chi connectivity index (χ4v) is 1.29. The Bertz CT molecular complexity index is 224. The summed E-state index contributed by atoms with van der Waals surface area (Å²) < 4.78 is 0. The number of carboxylic acids is 1. The maximum atomic E-state index is 10.6. The smallest absolute Gasteiger partial charge is 0.335 e. The molecule has 1 aliphatic carbocycles. The molecule has 0 atom stereocenters. The Balaban J connectivity index is 2.83. The van der Waals surface area contributed by atoms with Gasteiger partial charge in [-0.15, -0.1) is 0 Å². The average molecular weight is 152 g/mol. The molecular formula is C9H12O2. The third-order valence-electron chi connectivity index (χ3n) is 1.86. The zero-order valence-electron chi connectivity index (χ0n) is 6.63. The van der Waals surface area contributed by atoms with E-state index in [2.05, 4.69) is 0 Å². The normalized spacial score (nSPS) is 17.2. The van der Waals surface area contributed by atoms with E-state index in [1.54, 1.807) is 6.08 Å². The fourth-order valence-electron chi connectivity index (χ4n) is 1.29. The lowest BCUT2D eigenvalue weighted by Crippen LogP contribution is -2.05. The van der Waals surface area contributed by atoms with Crippen molar-refractivity contribution in [1.29, 1.82) is 0 Å². The number of allylic oxidation sites excluding steroid dienone is 2. The van der Waals surface area contributed by atoms with Crippen molar-refractivity contribution in [1.82, 2.24) is 0 Å². The number of carbonyl (C=O) groups is 1. The first kappa shape index (κ1) is 8.05. The van der Waals surface area contributed by atoms with Crippen LogP contribution >= 0.6 is 0 Å². The maximum absolute atomic E-state index is 10.6. The second-order valence-corrected chi connectivity index (χ2v) is 2.58. The third kappa shape index (κ3) is 1.70. The second kappa shape index (κ2) is 3.37. The SMILES string of the molecule is CCC1=CCCC=C1C(=O)O. The standard InChI is InChI=1S/C9H12O2/c1-2-7-5-3-4-6-8(7)9(10)11/h5-6H,2-4H2,1H3,(H,10,11). The molecule has 2 nitrogen and oxygen atoms in total. The summed E-state index contributed by atoms with van der Waals surface area (Å²) in [5.41, 5.74) is 1.47. The van der Waals surface area contributed by atoms with Gasteiger partial charge in [-0.05, 0) is 24.8 Å². The van der Waals surface area contributed by atoms with E-state index in [9.17, 15) is 4.79 Å². The first-order valence-electron chi connectivity index (χ1n) is 3.88. The summed E-state index contributed by atoms with van der Waals surface area (Å²) in [6, 6.07) is 0. The van der Waals surface area contributed by atoms with Crippen LogP contribution in [0.1, 0.15) is 26.2 Å². The number of hydrogen-bond acceptors (Lipinski definition) is 1. The largest absolute Gasteiger partial charge is 0.478 e. The fraction of sp³-hybridized carbons (Fsp3) is 0.444. The molecule has 11 heavy (non-hydrogen) atoms. The van der Waals surface area contributed by atoms with Gasteiger partial charge in [0.05, 0.1) is 5.57 Å². The van der Waals surface area contributed by atoms with Gasteiger partial charge in [-0.1, -0.05) is 19.1 Å². The summed E-state index contributed by atoms with van der Waals surface area (Å²) in [6.45, 7) is 1.98. The molecule has 1 rings (SSSR count). The Morgan fingerprint density at radius 1 is 1.55 bits per heavy atom. The first-order chi connectivity index (χ1) is 5.25. The van der Waals surface area contributed by atoms with Crippen LogP contribution in [0.2, 0.25) is 0 Å². The van der Waals surface area contributed by atoms with Crippen molar-refractivity contribution in [3.63, 3.8) is 0 Å². The molecule has 0 aromatic carbocycles. The molecule has 0 spiro atoms. The summed E-state index contributed by atoms with van der Waals surface area (Å²) in [7, 11) is 0. The van der Waals surface area contributed by atoms with Crippen LogP contribution in [0.5, 0.6) is 0 Å². The van der Waals surface area contributed by atoms with Crippen LogP contribution < -0.4 is 0 Å². The Morgan fingerprint density at radius 3 is 2.64 bits per heavy atom. The molecule has 0 bridgehead atoms. The van der Waals surface area contributed by atoms with E-state index in [-0.39, 0.29) is 0 Å². The van der Waals surface area contributed by atoms with Gasteiger partial charge in [-0.3, -0.25) is 0 Å². The van der Waals surface area contributed by atoms with Crippen LogP contribution in [0.25, 0.3) is 0 Å². The molecule has 0 fully saturated rings. The van der Waals surface area contributed by atoms with Crippen molar-refractivity contribution in [2.75, 3.05) is 0 Å². The Kier molecular flexibility index (Phi) is 2.47. The lowest BCUT2D eigenvalue weighted by molar-refractivity contribution is -0.132. The molecule has 0 unspecified atom stereocenters. The minimum absolute atomic E-state index is 0.499. The van der Waals surface area contributed by atoms with E-state index >= 15 is 0 Å². The van der Waals surface area contributed by atoms with E-state index in [4.69, 9.17) is 5.11 Å². The van der Waals surface area contributed by atoms with Crippen LogP contribution in [0, 0.1) is 0 Å². The van der Waals surface area contributed by atoms with Gasteiger partial charge in [0.2, 0.25) is 0 Å². The number of carboxylic acid groups (broad SMARTS) is 1. The summed E-state index contributed by atoms with van der Waals surface area (Å²) in [5.74, 6) is -0.794. The van der Waals surface area contributed by atoms with Gasteiger partial charge in [-0.2, -0.15) is 0 Å². The van der Waals surface area contributed by atoms with Crippen molar-refractivity contribution in [3.8, 4) is 0 Å². The lowest BCUT2D eigenvalue weighted by atomic mass is 9.96. The number of aliphatic carboxylic acids is 1. The summed E-state index contributed by atoms with van der Waals surface area (Å²) in [5, 5.41) is 8.73. The molecule has 0 aromatic heterocycles. The molecule has 0 radical (unpaired) electrons. The van der Waals surface area contributed by atoms with Gasteiger partial charge in [-0.25, -0.2) is 4.79 Å². The van der Waals surface area contributed by atoms with Crippen molar-refractivity contribution in [2.45, 2.75) is 26.2 Å². The molecule has 0 amide bonds. The molecule has 60 valence electrons. The highest BCUT2D eigenvalue weighted by molar-refractivity contribution is 5.91. The minimum Gasteiger partial charge on any atom is -0.478 e. The summed E-state index contributed by atoms with van der Waals surface area (Å²) >= 11 is 0. The van der Waals surface area contributed by atoms with Gasteiger partial charge < -0.3 is 5.11 Å². The van der Waals surface area contributed by atoms with Crippen LogP contribution in [0.15, 0.2) is 23.3 Å². The third-order valence-corrected chi connectivity index (χ3v) is 1.86. The predicted octanol–water partition coefficient (Wildman–Crippen LogP) is 2.13. The highest BCUT2D eigenvalue weighted by Crippen LogP contribution is 2.21. The van der Waals surface area contributed by atoms with E-state index in [0.29, 0.717) is 5.57 Å². The molecular weight excluding hydrogens is 140 g/mol. The van der Waals surface area contributed by atoms with Gasteiger partial charge >= 0.3 is 5.97 Å². The quantitative estimate of drug-likeness (QED) is 0.658. The molecule has 1 aliphatic rings. The molecule has 0 heterocycles. The van der Waals surface area contributed by atoms with Crippen molar-refractivity contribution in [2.24, 2.45) is 0 Å². The second-order valence-electron chi connectivity index (χ2n) is 2.58. The van der Waals surface area contributed by atoms with Crippen molar-refractivity contribution >= 4 is 5.97 Å². The van der Waals surface area contributed by atoms with Gasteiger partial charge in [0.1, 0.15) is 0 Å². The molecule has 0 aliphatic heterocycles. The average Bonchev–Trinajstić information content (AvgIpc) is 2.04. The molecule has 0 aromatic rings. The van der Waals surface area contributed by atoms with Crippen molar-refractivity contribution < 1.29 is 9.90 Å². The molecule has 0 saturated heterocycles. The maximum Gasteiger partial charge on any atom is 0.335 e. The molecule has 2 heteroatoms. The number of rotatable bonds is 2. The Morgan fingerprint density at radius 2 is 2.18 bits per heavy atom. The van der Waals surface area contributed by atoms with Crippen LogP contribution in [0.3, 0.4) is 0 Å². The van der Waals surface area contributed by atoms with E-state index in [0.717, 1.165) is 24.8 Å². The van der Waals surface area contributed by atoms with Crippen LogP contribution in [0.4, 0.5) is 0 Å². The Labute approximate surface area is 66.2 Å². The lowest BCUT2D eigenvalue weighted by Gasteiger charge is -2.09. The highest BCUT2D eigenvalue weighted by atomic mass is 16.4. The van der Waals surface area contributed by atoms with Gasteiger partial charge in [0, 0.05) is 0 Å². The highest BCUT2D eigenvalue weighted by Gasteiger charge is 2.12. The van der Waals surface area contributed by atoms with Crippen LogP contribution in [-0.2, 0) is 4.79 Å². The summed E-state index contributed by atoms with van der Waals surface area (Å²) in [6.07, 6.45) is 6.49. The summed E-state index contributed by atoms with van der Waals surface area (Å²) in [4.78, 5) is 10.6. The van der Waals surface area contributed by atoms with Gasteiger partial charge in [0.25, 0.3) is 0 Å². The van der Waals surface area contributed by atoms with Crippen molar-refractivity contribution in [3.05, 3.63) is 23.3 Å². The van der Waals surface area contributed by atoms with E-state index in [1.807, 2.05) is 13.0 Å². The Hall–Kier alpha value is -1.05. The zero-order valence-corrected chi connectivity index (χ0v) is 6.63. The van der Waals surface area contributed by atoms with E-state index in [1.165, 1.54) is 0 Å². The zero-order chi connectivity index (χ0) is 8.27. The first-order valence-corrected chi connectivity index (χ1v) is 3.88. The van der Waals surface area contributed by atoms with Crippen LogP contribution in [-0.4, -0.2) is 11.1 Å². The topological polar surface area (TPSA) is 37.3 Å². The minimum atomic E-state index is -0.794. The monoisotopic (exact) mass is 152 g/mol. The molecule has 0 saturated carbocycles. The van der Waals surface area contributed by atoms with Gasteiger partial charge in [0.15, 0.2) is 0 Å². The molecule has 1 N–H and O–H groups in total. The number of hydrogen-bond donors (Lipinski definition) is 1.